The lowest BCUT2D eigenvalue weighted by Crippen LogP contribution is -2.30. The van der Waals surface area contributed by atoms with Crippen LogP contribution in [0.1, 0.15) is 361 Å². The molecule has 1 atom stereocenters. The van der Waals surface area contributed by atoms with E-state index in [9.17, 15) is 14.4 Å². The lowest BCUT2D eigenvalue weighted by atomic mass is 10.0. The Kier molecular flexibility index (Phi) is 65.7. The highest BCUT2D eigenvalue weighted by Gasteiger charge is 2.19. The van der Waals surface area contributed by atoms with Crippen LogP contribution in [-0.4, -0.2) is 37.2 Å². The number of unbranched alkanes of at least 4 members (excludes halogenated alkanes) is 41. The normalized spacial score (nSPS) is 12.5. The van der Waals surface area contributed by atoms with Gasteiger partial charge in [0.25, 0.3) is 0 Å². The molecule has 0 rings (SSSR count). The fourth-order valence-corrected chi connectivity index (χ4v) is 10.2. The van der Waals surface area contributed by atoms with E-state index in [1.807, 2.05) is 0 Å². The summed E-state index contributed by atoms with van der Waals surface area (Å²) < 4.78 is 17.0. The third-order valence-corrected chi connectivity index (χ3v) is 15.4. The minimum absolute atomic E-state index is 0.0772. The van der Waals surface area contributed by atoms with Gasteiger partial charge in [0.1, 0.15) is 13.2 Å². The molecule has 0 aromatic heterocycles. The van der Waals surface area contributed by atoms with Gasteiger partial charge in [-0.25, -0.2) is 0 Å². The summed E-state index contributed by atoms with van der Waals surface area (Å²) in [5, 5.41) is 0. The molecular weight excluding hydrogens is 985 g/mol. The van der Waals surface area contributed by atoms with E-state index >= 15 is 0 Å². The predicted molar refractivity (Wildman–Crippen MR) is 348 cm³/mol. The highest BCUT2D eigenvalue weighted by molar-refractivity contribution is 5.71. The first-order chi connectivity index (χ1) is 39.5. The Bertz CT molecular complexity index is 1470. The smallest absolute Gasteiger partial charge is 0.306 e. The molecule has 0 aliphatic carbocycles. The fraction of sp³-hybridized carbons (Fsp3) is 0.797. The van der Waals surface area contributed by atoms with Crippen molar-refractivity contribution in [2.45, 2.75) is 367 Å². The third-order valence-electron chi connectivity index (χ3n) is 15.4. The summed E-state index contributed by atoms with van der Waals surface area (Å²) in [6.45, 7) is 6.55. The molecule has 464 valence electrons. The number of ether oxygens (including phenoxy) is 3. The number of carbonyl (C=O) groups excluding carboxylic acids is 3. The molecule has 0 bridgehead atoms. The monoisotopic (exact) mass is 1120 g/mol. The molecular formula is C74H132O6. The van der Waals surface area contributed by atoms with E-state index in [2.05, 4.69) is 93.7 Å². The SMILES string of the molecule is CC/C=C\C/C=C\C/C=C\C/C=C\CCCCCCCCCCCCCCC(=O)OCC(COC(=O)CCCCCCC/C=C\C/C=C\CCCCC)OC(=O)CCCCCCCCCCCCCCCCCCCCCCCC. The second-order valence-electron chi connectivity index (χ2n) is 23.4. The van der Waals surface area contributed by atoms with E-state index in [1.165, 1.54) is 218 Å². The van der Waals surface area contributed by atoms with Crippen molar-refractivity contribution in [3.05, 3.63) is 72.9 Å². The molecule has 0 saturated carbocycles. The second-order valence-corrected chi connectivity index (χ2v) is 23.4. The lowest BCUT2D eigenvalue weighted by Gasteiger charge is -2.18. The molecule has 80 heavy (non-hydrogen) atoms. The van der Waals surface area contributed by atoms with E-state index in [1.54, 1.807) is 0 Å². The van der Waals surface area contributed by atoms with Crippen LogP contribution in [0.5, 0.6) is 0 Å². The van der Waals surface area contributed by atoms with Crippen molar-refractivity contribution in [3.8, 4) is 0 Å². The van der Waals surface area contributed by atoms with Crippen molar-refractivity contribution in [3.63, 3.8) is 0 Å². The highest BCUT2D eigenvalue weighted by atomic mass is 16.6. The summed E-state index contributed by atoms with van der Waals surface area (Å²) >= 11 is 0. The first-order valence-electron chi connectivity index (χ1n) is 34.9. The van der Waals surface area contributed by atoms with Crippen LogP contribution in [0.2, 0.25) is 0 Å². The Labute approximate surface area is 497 Å². The summed E-state index contributed by atoms with van der Waals surface area (Å²) in [5.41, 5.74) is 0. The van der Waals surface area contributed by atoms with Crippen molar-refractivity contribution in [1.82, 2.24) is 0 Å². The van der Waals surface area contributed by atoms with Crippen LogP contribution >= 0.6 is 0 Å². The molecule has 0 heterocycles. The van der Waals surface area contributed by atoms with Gasteiger partial charge in [-0.2, -0.15) is 0 Å². The summed E-state index contributed by atoms with van der Waals surface area (Å²) in [5.74, 6) is -0.871. The zero-order valence-electron chi connectivity index (χ0n) is 53.3. The Hall–Kier alpha value is -3.15. The van der Waals surface area contributed by atoms with Crippen LogP contribution in [-0.2, 0) is 28.6 Å². The predicted octanol–water partition coefficient (Wildman–Crippen LogP) is 24.1. The standard InChI is InChI=1S/C74H132O6/c1-4-7-10-13-16-19-22-25-28-30-32-34-36-37-38-40-41-43-46-49-52-55-58-61-64-67-73(76)79-70-71(69-78-72(75)66-63-60-57-54-51-48-45-27-24-21-18-15-12-9-6-3)80-74(77)68-65-62-59-56-53-50-47-44-42-39-35-33-31-29-26-23-20-17-14-11-8-5-2/h7,10,16,18-19,21,25,27-28,32,34,45,71H,4-6,8-9,11-15,17,20,22-24,26,29-31,33,35-44,46-70H2,1-3H3/b10-7-,19-16-,21-18-,28-25-,34-32-,45-27-. The van der Waals surface area contributed by atoms with Gasteiger partial charge >= 0.3 is 17.9 Å². The Balaban J connectivity index is 4.30. The second kappa shape index (κ2) is 68.3. The third kappa shape index (κ3) is 65.7. The van der Waals surface area contributed by atoms with Gasteiger partial charge in [-0.3, -0.25) is 14.4 Å². The molecule has 0 radical (unpaired) electrons. The van der Waals surface area contributed by atoms with E-state index < -0.39 is 6.10 Å². The molecule has 0 aromatic carbocycles. The van der Waals surface area contributed by atoms with Gasteiger partial charge in [0, 0.05) is 19.3 Å². The van der Waals surface area contributed by atoms with Crippen LogP contribution in [0, 0.1) is 0 Å². The van der Waals surface area contributed by atoms with Gasteiger partial charge in [-0.1, -0.05) is 325 Å². The summed E-state index contributed by atoms with van der Waals surface area (Å²) in [4.78, 5) is 38.4. The molecule has 0 saturated heterocycles. The summed E-state index contributed by atoms with van der Waals surface area (Å²) in [7, 11) is 0. The number of hydrogen-bond donors (Lipinski definition) is 0. The maximum Gasteiger partial charge on any atom is 0.306 e. The van der Waals surface area contributed by atoms with E-state index in [0.29, 0.717) is 19.3 Å². The van der Waals surface area contributed by atoms with Crippen LogP contribution < -0.4 is 0 Å². The molecule has 0 spiro atoms. The van der Waals surface area contributed by atoms with Crippen molar-refractivity contribution in [2.75, 3.05) is 13.2 Å². The quantitative estimate of drug-likeness (QED) is 0.0261. The van der Waals surface area contributed by atoms with Crippen LogP contribution in [0.25, 0.3) is 0 Å². The minimum Gasteiger partial charge on any atom is -0.462 e. The van der Waals surface area contributed by atoms with Gasteiger partial charge in [-0.05, 0) is 89.9 Å². The summed E-state index contributed by atoms with van der Waals surface area (Å²) in [6.07, 6.45) is 89.2. The average Bonchev–Trinajstić information content (AvgIpc) is 3.46. The largest absolute Gasteiger partial charge is 0.462 e. The average molecular weight is 1120 g/mol. The number of carbonyl (C=O) groups is 3. The molecule has 0 fully saturated rings. The van der Waals surface area contributed by atoms with Crippen molar-refractivity contribution in [2.24, 2.45) is 0 Å². The first kappa shape index (κ1) is 76.9. The van der Waals surface area contributed by atoms with Crippen LogP contribution in [0.15, 0.2) is 72.9 Å². The van der Waals surface area contributed by atoms with Gasteiger partial charge in [0.2, 0.25) is 0 Å². The Morgan fingerprint density at radius 1 is 0.263 bits per heavy atom. The minimum atomic E-state index is -0.782. The number of hydrogen-bond acceptors (Lipinski definition) is 6. The fourth-order valence-electron chi connectivity index (χ4n) is 10.2. The lowest BCUT2D eigenvalue weighted by molar-refractivity contribution is -0.167. The molecule has 0 aliphatic heterocycles. The molecule has 0 aromatic rings. The first-order valence-corrected chi connectivity index (χ1v) is 34.9. The zero-order chi connectivity index (χ0) is 57.8. The maximum absolute atomic E-state index is 13.0. The van der Waals surface area contributed by atoms with Crippen LogP contribution in [0.3, 0.4) is 0 Å². The van der Waals surface area contributed by atoms with Gasteiger partial charge < -0.3 is 14.2 Å². The van der Waals surface area contributed by atoms with E-state index in [0.717, 1.165) is 103 Å². The van der Waals surface area contributed by atoms with Crippen molar-refractivity contribution < 1.29 is 28.6 Å². The van der Waals surface area contributed by atoms with Gasteiger partial charge in [-0.15, -0.1) is 0 Å². The number of rotatable bonds is 64. The topological polar surface area (TPSA) is 78.9 Å². The maximum atomic E-state index is 13.0. The van der Waals surface area contributed by atoms with Gasteiger partial charge in [0.15, 0.2) is 6.10 Å². The van der Waals surface area contributed by atoms with Gasteiger partial charge in [0.05, 0.1) is 0 Å². The zero-order valence-corrected chi connectivity index (χ0v) is 53.3. The van der Waals surface area contributed by atoms with E-state index in [4.69, 9.17) is 14.2 Å². The number of allylic oxidation sites excluding steroid dienone is 12. The molecule has 6 nitrogen and oxygen atoms in total. The van der Waals surface area contributed by atoms with Crippen molar-refractivity contribution >= 4 is 17.9 Å². The molecule has 0 amide bonds. The van der Waals surface area contributed by atoms with Crippen molar-refractivity contribution in [1.29, 1.82) is 0 Å². The van der Waals surface area contributed by atoms with E-state index in [-0.39, 0.29) is 31.1 Å². The number of esters is 3. The highest BCUT2D eigenvalue weighted by Crippen LogP contribution is 2.18. The molecule has 0 N–H and O–H groups in total. The van der Waals surface area contributed by atoms with Crippen LogP contribution in [0.4, 0.5) is 0 Å². The molecule has 0 aliphatic rings. The summed E-state index contributed by atoms with van der Waals surface area (Å²) in [6, 6.07) is 0. The Morgan fingerprint density at radius 2 is 0.487 bits per heavy atom. The Morgan fingerprint density at radius 3 is 0.787 bits per heavy atom. The molecule has 1 unspecified atom stereocenters. The molecule has 6 heteroatoms.